The molecule has 0 unspecified atom stereocenters. The molecule has 0 spiro atoms. The molecule has 0 aromatic heterocycles. The normalized spacial score (nSPS) is 11.3. The zero-order valence-electron chi connectivity index (χ0n) is 23.2. The largest absolute Gasteiger partial charge is 0.488 e. The van der Waals surface area contributed by atoms with Crippen LogP contribution < -0.4 is 10.1 Å². The monoisotopic (exact) mass is 579 g/mol. The molecule has 0 heterocycles. The van der Waals surface area contributed by atoms with Crippen LogP contribution in [-0.2, 0) is 17.5 Å². The van der Waals surface area contributed by atoms with E-state index in [2.05, 4.69) is 5.32 Å². The van der Waals surface area contributed by atoms with Crippen LogP contribution in [0.25, 0.3) is 22.3 Å². The Labute approximate surface area is 241 Å². The Kier molecular flexibility index (Phi) is 9.30. The summed E-state index contributed by atoms with van der Waals surface area (Å²) in [6.45, 7) is 4.28. The molecule has 42 heavy (non-hydrogen) atoms. The molecule has 0 saturated heterocycles. The van der Waals surface area contributed by atoms with Crippen LogP contribution in [0.2, 0.25) is 0 Å². The van der Waals surface area contributed by atoms with Crippen molar-refractivity contribution in [2.45, 2.75) is 26.6 Å². The molecule has 218 valence electrons. The van der Waals surface area contributed by atoms with Gasteiger partial charge in [0.05, 0.1) is 18.2 Å². The molecule has 0 saturated carbocycles. The van der Waals surface area contributed by atoms with Crippen LogP contribution in [0.15, 0.2) is 84.9 Å². The molecule has 0 aliphatic carbocycles. The number of esters is 1. The fraction of sp³-hybridized carbons (Fsp3) is 0.212. The molecule has 0 atom stereocenters. The molecule has 0 aliphatic rings. The van der Waals surface area contributed by atoms with Gasteiger partial charge in [-0.05, 0) is 76.7 Å². The van der Waals surface area contributed by atoms with Gasteiger partial charge in [0.2, 0.25) is 0 Å². The first kappa shape index (κ1) is 30.3. The number of carbonyl (C=O) groups is 2. The van der Waals surface area contributed by atoms with Crippen molar-refractivity contribution < 1.29 is 36.6 Å². The van der Waals surface area contributed by atoms with Crippen LogP contribution in [0.3, 0.4) is 0 Å². The van der Waals surface area contributed by atoms with Crippen molar-refractivity contribution in [1.29, 1.82) is 0 Å². The van der Waals surface area contributed by atoms with E-state index in [0.29, 0.717) is 28.8 Å². The summed E-state index contributed by atoms with van der Waals surface area (Å²) in [4.78, 5) is 25.5. The van der Waals surface area contributed by atoms with Crippen molar-refractivity contribution in [3.8, 4) is 28.0 Å². The quantitative estimate of drug-likeness (QED) is 0.162. The van der Waals surface area contributed by atoms with Crippen LogP contribution >= 0.6 is 0 Å². The SMILES string of the molecule is COC(=O)c1cc(C(=O)NCC(C)C)cc(-c2ccccc2-c2cc(C(F)(F)F)ccc2OCc2ccc(F)cc2)c1. The van der Waals surface area contributed by atoms with Gasteiger partial charge in [0.25, 0.3) is 5.91 Å². The second-order valence-corrected chi connectivity index (χ2v) is 10.1. The summed E-state index contributed by atoms with van der Waals surface area (Å²) in [6.07, 6.45) is -4.62. The van der Waals surface area contributed by atoms with Crippen molar-refractivity contribution in [1.82, 2.24) is 5.32 Å². The van der Waals surface area contributed by atoms with E-state index in [0.717, 1.165) is 12.1 Å². The molecule has 1 amide bonds. The third-order valence-electron chi connectivity index (χ3n) is 6.43. The molecule has 4 aromatic rings. The van der Waals surface area contributed by atoms with Gasteiger partial charge >= 0.3 is 12.1 Å². The number of nitrogens with one attached hydrogen (secondary N) is 1. The molecule has 4 aromatic carbocycles. The Morgan fingerprint density at radius 2 is 1.50 bits per heavy atom. The maximum Gasteiger partial charge on any atom is 0.416 e. The van der Waals surface area contributed by atoms with Crippen molar-refractivity contribution in [3.05, 3.63) is 113 Å². The molecule has 1 N–H and O–H groups in total. The molecule has 5 nitrogen and oxygen atoms in total. The molecule has 0 radical (unpaired) electrons. The van der Waals surface area contributed by atoms with Crippen LogP contribution in [0.5, 0.6) is 5.75 Å². The standard InChI is InChI=1S/C33H29F4NO4/c1-20(2)18-38-31(39)23-14-22(15-24(16-23)32(40)41-3)27-6-4-5-7-28(27)29-17-25(33(35,36)37)10-13-30(29)42-19-21-8-11-26(34)12-9-21/h4-17,20H,18-19H2,1-3H3,(H,38,39). The highest BCUT2D eigenvalue weighted by Gasteiger charge is 2.31. The number of alkyl halides is 3. The van der Waals surface area contributed by atoms with Gasteiger partial charge in [-0.2, -0.15) is 13.2 Å². The van der Waals surface area contributed by atoms with Gasteiger partial charge in [0, 0.05) is 17.7 Å². The van der Waals surface area contributed by atoms with Crippen molar-refractivity contribution in [2.24, 2.45) is 5.92 Å². The predicted octanol–water partition coefficient (Wildman–Crippen LogP) is 7.93. The minimum atomic E-state index is -4.62. The topological polar surface area (TPSA) is 64.6 Å². The molecule has 9 heteroatoms. The van der Waals surface area contributed by atoms with Gasteiger partial charge < -0.3 is 14.8 Å². The molecular formula is C33H29F4NO4. The van der Waals surface area contributed by atoms with E-state index >= 15 is 0 Å². The Morgan fingerprint density at radius 1 is 0.833 bits per heavy atom. The lowest BCUT2D eigenvalue weighted by molar-refractivity contribution is -0.137. The second kappa shape index (κ2) is 12.9. The lowest BCUT2D eigenvalue weighted by Crippen LogP contribution is -2.27. The van der Waals surface area contributed by atoms with E-state index in [9.17, 15) is 27.2 Å². The predicted molar refractivity (Wildman–Crippen MR) is 152 cm³/mol. The highest BCUT2D eigenvalue weighted by Crippen LogP contribution is 2.41. The summed E-state index contributed by atoms with van der Waals surface area (Å²) in [5.74, 6) is -1.15. The van der Waals surface area contributed by atoms with Crippen LogP contribution in [0.1, 0.15) is 45.7 Å². The van der Waals surface area contributed by atoms with Crippen molar-refractivity contribution in [2.75, 3.05) is 13.7 Å². The number of carbonyl (C=O) groups excluding carboxylic acids is 2. The minimum Gasteiger partial charge on any atom is -0.488 e. The fourth-order valence-electron chi connectivity index (χ4n) is 4.30. The van der Waals surface area contributed by atoms with Gasteiger partial charge in [-0.1, -0.05) is 50.2 Å². The number of hydrogen-bond acceptors (Lipinski definition) is 4. The Balaban J connectivity index is 1.85. The average molecular weight is 580 g/mol. The number of halogens is 4. The highest BCUT2D eigenvalue weighted by molar-refractivity contribution is 6.01. The lowest BCUT2D eigenvalue weighted by atomic mass is 9.91. The maximum atomic E-state index is 13.8. The Bertz CT molecular complexity index is 1580. The van der Waals surface area contributed by atoms with Crippen molar-refractivity contribution in [3.63, 3.8) is 0 Å². The summed E-state index contributed by atoms with van der Waals surface area (Å²) >= 11 is 0. The number of hydrogen-bond donors (Lipinski definition) is 1. The molecular weight excluding hydrogens is 550 g/mol. The summed E-state index contributed by atoms with van der Waals surface area (Å²) in [5.41, 5.74) is 1.47. The number of benzene rings is 4. The zero-order valence-corrected chi connectivity index (χ0v) is 23.2. The number of rotatable bonds is 9. The summed E-state index contributed by atoms with van der Waals surface area (Å²) in [5, 5.41) is 2.82. The van der Waals surface area contributed by atoms with Crippen molar-refractivity contribution >= 4 is 11.9 Å². The minimum absolute atomic E-state index is 0.0151. The maximum absolute atomic E-state index is 13.8. The summed E-state index contributed by atoms with van der Waals surface area (Å²) in [7, 11) is 1.22. The Hall–Kier alpha value is -4.66. The molecule has 0 bridgehead atoms. The van der Waals surface area contributed by atoms with E-state index in [1.807, 2.05) is 13.8 Å². The van der Waals surface area contributed by atoms with E-state index in [4.69, 9.17) is 9.47 Å². The molecule has 0 aliphatic heterocycles. The van der Waals surface area contributed by atoms with Crippen LogP contribution in [-0.4, -0.2) is 25.5 Å². The Morgan fingerprint density at radius 3 is 2.14 bits per heavy atom. The number of ether oxygens (including phenoxy) is 2. The highest BCUT2D eigenvalue weighted by atomic mass is 19.4. The first-order valence-corrected chi connectivity index (χ1v) is 13.2. The van der Waals surface area contributed by atoms with E-state index < -0.39 is 29.4 Å². The second-order valence-electron chi connectivity index (χ2n) is 10.1. The van der Waals surface area contributed by atoms with Gasteiger partial charge in [0.1, 0.15) is 18.2 Å². The van der Waals surface area contributed by atoms with Gasteiger partial charge in [-0.3, -0.25) is 4.79 Å². The van der Waals surface area contributed by atoms with Crippen LogP contribution in [0, 0.1) is 11.7 Å². The average Bonchev–Trinajstić information content (AvgIpc) is 2.98. The van der Waals surface area contributed by atoms with E-state index in [-0.39, 0.29) is 35.0 Å². The van der Waals surface area contributed by atoms with Gasteiger partial charge in [0.15, 0.2) is 0 Å². The zero-order chi connectivity index (χ0) is 30.4. The molecule has 0 fully saturated rings. The third-order valence-corrected chi connectivity index (χ3v) is 6.43. The van der Waals surface area contributed by atoms with E-state index in [1.54, 1.807) is 30.3 Å². The van der Waals surface area contributed by atoms with Crippen LogP contribution in [0.4, 0.5) is 17.6 Å². The first-order valence-electron chi connectivity index (χ1n) is 13.2. The van der Waals surface area contributed by atoms with E-state index in [1.165, 1.54) is 49.6 Å². The molecule has 4 rings (SSSR count). The van der Waals surface area contributed by atoms with Gasteiger partial charge in [-0.25, -0.2) is 9.18 Å². The fourth-order valence-corrected chi connectivity index (χ4v) is 4.30. The first-order chi connectivity index (χ1) is 20.0. The lowest BCUT2D eigenvalue weighted by Gasteiger charge is -2.18. The smallest absolute Gasteiger partial charge is 0.416 e. The number of methoxy groups -OCH3 is 1. The van der Waals surface area contributed by atoms with Gasteiger partial charge in [-0.15, -0.1) is 0 Å². The third kappa shape index (κ3) is 7.34. The summed E-state index contributed by atoms with van der Waals surface area (Å²) < 4.78 is 65.6. The number of amides is 1. The summed E-state index contributed by atoms with van der Waals surface area (Å²) in [6, 6.07) is 20.0.